The highest BCUT2D eigenvalue weighted by molar-refractivity contribution is 9.10. The first-order valence-corrected chi connectivity index (χ1v) is 4.63. The maximum atomic E-state index is 7.25. The second kappa shape index (κ2) is 3.79. The van der Waals surface area contributed by atoms with Gasteiger partial charge in [-0.05, 0) is 34.1 Å². The van der Waals surface area contributed by atoms with Crippen LogP contribution in [-0.4, -0.2) is 19.9 Å². The number of amidine groups is 1. The van der Waals surface area contributed by atoms with E-state index in [1.165, 1.54) is 0 Å². The molecular formula is C9H12BrN3. The van der Waals surface area contributed by atoms with Gasteiger partial charge in [-0.1, -0.05) is 0 Å². The minimum absolute atomic E-state index is 0.0889. The highest BCUT2D eigenvalue weighted by Gasteiger charge is 2.04. The molecular weight excluding hydrogens is 230 g/mol. The highest BCUT2D eigenvalue weighted by atomic mass is 79.9. The van der Waals surface area contributed by atoms with Gasteiger partial charge in [0.15, 0.2) is 0 Å². The Morgan fingerprint density at radius 2 is 2.08 bits per heavy atom. The van der Waals surface area contributed by atoms with Crippen LogP contribution < -0.4 is 10.6 Å². The van der Waals surface area contributed by atoms with E-state index < -0.39 is 0 Å². The van der Waals surface area contributed by atoms with Crippen LogP contribution in [0.5, 0.6) is 0 Å². The van der Waals surface area contributed by atoms with Crippen molar-refractivity contribution >= 4 is 27.5 Å². The number of hydrogen-bond acceptors (Lipinski definition) is 2. The Morgan fingerprint density at radius 1 is 1.46 bits per heavy atom. The number of hydrogen-bond donors (Lipinski definition) is 2. The minimum Gasteiger partial charge on any atom is -0.384 e. The standard InChI is InChI=1S/C9H12BrN3/c1-13(2)8-4-3-6(9(11)12)5-7(8)10/h3-5H,1-2H3,(H3,11,12). The fourth-order valence-corrected chi connectivity index (χ4v) is 1.77. The molecule has 3 nitrogen and oxygen atoms in total. The molecule has 4 heteroatoms. The monoisotopic (exact) mass is 241 g/mol. The normalized spacial score (nSPS) is 9.77. The Hall–Kier alpha value is -1.03. The predicted octanol–water partition coefficient (Wildman–Crippen LogP) is 1.80. The zero-order valence-corrected chi connectivity index (χ0v) is 9.22. The van der Waals surface area contributed by atoms with Crippen molar-refractivity contribution < 1.29 is 0 Å². The van der Waals surface area contributed by atoms with Gasteiger partial charge in [0.1, 0.15) is 5.84 Å². The molecule has 70 valence electrons. The maximum absolute atomic E-state index is 7.25. The number of nitrogens with two attached hydrogens (primary N) is 1. The van der Waals surface area contributed by atoms with Crippen molar-refractivity contribution in [2.45, 2.75) is 0 Å². The molecule has 0 aliphatic rings. The SMILES string of the molecule is CN(C)c1ccc(C(=N)N)cc1Br. The van der Waals surface area contributed by atoms with E-state index >= 15 is 0 Å². The fraction of sp³-hybridized carbons (Fsp3) is 0.222. The molecule has 0 saturated heterocycles. The van der Waals surface area contributed by atoms with Crippen molar-refractivity contribution in [2.24, 2.45) is 5.73 Å². The molecule has 1 aromatic carbocycles. The van der Waals surface area contributed by atoms with Crippen LogP contribution in [0.25, 0.3) is 0 Å². The molecule has 0 amide bonds. The van der Waals surface area contributed by atoms with Crippen molar-refractivity contribution in [3.63, 3.8) is 0 Å². The van der Waals surface area contributed by atoms with E-state index in [4.69, 9.17) is 11.1 Å². The summed E-state index contributed by atoms with van der Waals surface area (Å²) in [5.41, 5.74) is 7.17. The summed E-state index contributed by atoms with van der Waals surface area (Å²) < 4.78 is 0.949. The van der Waals surface area contributed by atoms with Crippen molar-refractivity contribution in [3.05, 3.63) is 28.2 Å². The molecule has 0 spiro atoms. The zero-order valence-electron chi connectivity index (χ0n) is 7.63. The fourth-order valence-electron chi connectivity index (χ4n) is 1.04. The number of nitrogens with zero attached hydrogens (tertiary/aromatic N) is 1. The second-order valence-corrected chi connectivity index (χ2v) is 3.83. The average Bonchev–Trinajstić information content (AvgIpc) is 2.03. The molecule has 0 aromatic heterocycles. The lowest BCUT2D eigenvalue weighted by molar-refractivity contribution is 1.12. The van der Waals surface area contributed by atoms with E-state index in [1.807, 2.05) is 37.2 Å². The molecule has 0 aliphatic heterocycles. The summed E-state index contributed by atoms with van der Waals surface area (Å²) in [5, 5.41) is 7.25. The number of anilines is 1. The molecule has 0 heterocycles. The molecule has 1 aromatic rings. The maximum Gasteiger partial charge on any atom is 0.122 e. The van der Waals surface area contributed by atoms with Crippen molar-refractivity contribution in [3.8, 4) is 0 Å². The van der Waals surface area contributed by atoms with Gasteiger partial charge in [0.2, 0.25) is 0 Å². The van der Waals surface area contributed by atoms with Crippen LogP contribution in [0.15, 0.2) is 22.7 Å². The Morgan fingerprint density at radius 3 is 2.46 bits per heavy atom. The first-order valence-electron chi connectivity index (χ1n) is 3.83. The number of benzene rings is 1. The second-order valence-electron chi connectivity index (χ2n) is 2.97. The smallest absolute Gasteiger partial charge is 0.122 e. The zero-order chi connectivity index (χ0) is 10.0. The Labute approximate surface area is 86.2 Å². The minimum atomic E-state index is 0.0889. The molecule has 0 fully saturated rings. The van der Waals surface area contributed by atoms with E-state index in [1.54, 1.807) is 0 Å². The van der Waals surface area contributed by atoms with Gasteiger partial charge in [0.25, 0.3) is 0 Å². The van der Waals surface area contributed by atoms with Crippen LogP contribution in [0.4, 0.5) is 5.69 Å². The van der Waals surface area contributed by atoms with Gasteiger partial charge in [-0.15, -0.1) is 0 Å². The van der Waals surface area contributed by atoms with Gasteiger partial charge in [-0.25, -0.2) is 0 Å². The van der Waals surface area contributed by atoms with Crippen LogP contribution in [0.2, 0.25) is 0 Å². The van der Waals surface area contributed by atoms with Gasteiger partial charge in [-0.2, -0.15) is 0 Å². The van der Waals surface area contributed by atoms with E-state index in [0.29, 0.717) is 0 Å². The quantitative estimate of drug-likeness (QED) is 0.613. The molecule has 0 atom stereocenters. The van der Waals surface area contributed by atoms with Crippen molar-refractivity contribution in [1.29, 1.82) is 5.41 Å². The van der Waals surface area contributed by atoms with Gasteiger partial charge >= 0.3 is 0 Å². The lowest BCUT2D eigenvalue weighted by atomic mass is 10.2. The number of halogens is 1. The molecule has 13 heavy (non-hydrogen) atoms. The van der Waals surface area contributed by atoms with Crippen LogP contribution in [0, 0.1) is 5.41 Å². The Kier molecular flexibility index (Phi) is 2.93. The van der Waals surface area contributed by atoms with Gasteiger partial charge in [-0.3, -0.25) is 5.41 Å². The Balaban J connectivity index is 3.13. The van der Waals surface area contributed by atoms with Gasteiger partial charge < -0.3 is 10.6 Å². The topological polar surface area (TPSA) is 53.1 Å². The summed E-state index contributed by atoms with van der Waals surface area (Å²) in [6, 6.07) is 5.61. The van der Waals surface area contributed by atoms with Crippen LogP contribution in [0.1, 0.15) is 5.56 Å². The highest BCUT2D eigenvalue weighted by Crippen LogP contribution is 2.25. The molecule has 0 unspecified atom stereocenters. The van der Waals surface area contributed by atoms with Gasteiger partial charge in [0.05, 0.1) is 5.69 Å². The lowest BCUT2D eigenvalue weighted by Gasteiger charge is -2.14. The lowest BCUT2D eigenvalue weighted by Crippen LogP contribution is -2.13. The predicted molar refractivity (Wildman–Crippen MR) is 59.5 cm³/mol. The van der Waals surface area contributed by atoms with E-state index in [-0.39, 0.29) is 5.84 Å². The summed E-state index contributed by atoms with van der Waals surface area (Å²) in [6.07, 6.45) is 0. The summed E-state index contributed by atoms with van der Waals surface area (Å²) in [5.74, 6) is 0.0889. The summed E-state index contributed by atoms with van der Waals surface area (Å²) in [4.78, 5) is 1.99. The number of nitrogen functional groups attached to an aromatic ring is 1. The van der Waals surface area contributed by atoms with E-state index in [2.05, 4.69) is 15.9 Å². The van der Waals surface area contributed by atoms with Crippen LogP contribution >= 0.6 is 15.9 Å². The molecule has 1 rings (SSSR count). The summed E-state index contributed by atoms with van der Waals surface area (Å²) in [7, 11) is 3.93. The van der Waals surface area contributed by atoms with Crippen LogP contribution in [-0.2, 0) is 0 Å². The Bertz CT molecular complexity index is 334. The first-order chi connectivity index (χ1) is 6.02. The number of nitrogens with one attached hydrogen (secondary N) is 1. The third kappa shape index (κ3) is 2.21. The molecule has 0 aliphatic carbocycles. The molecule has 0 saturated carbocycles. The molecule has 0 bridgehead atoms. The van der Waals surface area contributed by atoms with Crippen molar-refractivity contribution in [1.82, 2.24) is 0 Å². The first kappa shape index (κ1) is 10.1. The summed E-state index contributed by atoms with van der Waals surface area (Å²) >= 11 is 3.42. The van der Waals surface area contributed by atoms with E-state index in [9.17, 15) is 0 Å². The third-order valence-corrected chi connectivity index (χ3v) is 2.38. The molecule has 3 N–H and O–H groups in total. The number of rotatable bonds is 2. The molecule has 0 radical (unpaired) electrons. The summed E-state index contributed by atoms with van der Waals surface area (Å²) in [6.45, 7) is 0. The van der Waals surface area contributed by atoms with Crippen LogP contribution in [0.3, 0.4) is 0 Å². The van der Waals surface area contributed by atoms with E-state index in [0.717, 1.165) is 15.7 Å². The third-order valence-electron chi connectivity index (χ3n) is 1.74. The average molecular weight is 242 g/mol. The van der Waals surface area contributed by atoms with Crippen molar-refractivity contribution in [2.75, 3.05) is 19.0 Å². The largest absolute Gasteiger partial charge is 0.384 e. The van der Waals surface area contributed by atoms with Gasteiger partial charge in [0, 0.05) is 24.1 Å².